The van der Waals surface area contributed by atoms with Crippen LogP contribution in [0, 0.1) is 0 Å². The summed E-state index contributed by atoms with van der Waals surface area (Å²) in [4.78, 5) is 25.8. The molecule has 0 heterocycles. The Morgan fingerprint density at radius 3 is 2.28 bits per heavy atom. The zero-order valence-corrected chi connectivity index (χ0v) is 16.0. The van der Waals surface area contributed by atoms with Gasteiger partial charge in [0.25, 0.3) is 0 Å². The molecule has 0 bridgehead atoms. The predicted octanol–water partition coefficient (Wildman–Crippen LogP) is 3.64. The van der Waals surface area contributed by atoms with Gasteiger partial charge in [-0.25, -0.2) is 5.43 Å². The van der Waals surface area contributed by atoms with Gasteiger partial charge in [0, 0.05) is 24.5 Å². The van der Waals surface area contributed by atoms with E-state index in [1.54, 1.807) is 0 Å². The van der Waals surface area contributed by atoms with E-state index in [0.29, 0.717) is 5.56 Å². The molecule has 2 amide bonds. The number of rotatable bonds is 6. The molecule has 0 aromatic heterocycles. The molecule has 0 radical (unpaired) electrons. The molecule has 0 saturated heterocycles. The number of nitrogens with zero attached hydrogens (tertiary/aromatic N) is 2. The van der Waals surface area contributed by atoms with Crippen LogP contribution in [0.1, 0.15) is 25.0 Å². The van der Waals surface area contributed by atoms with E-state index in [1.165, 1.54) is 12.3 Å². The van der Waals surface area contributed by atoms with Gasteiger partial charge < -0.3 is 10.2 Å². The van der Waals surface area contributed by atoms with Crippen molar-refractivity contribution in [3.63, 3.8) is 0 Å². The van der Waals surface area contributed by atoms with Crippen molar-refractivity contribution in [1.29, 1.82) is 0 Å². The number of halogens is 3. The standard InChI is InChI=1S/C20H21F3N4O2/c1-3-27(4-2)17-10-8-14(9-11-17)13-24-26-19(29)18(28)25-16-7-5-6-15(12-16)20(21,22)23/h5-13H,3-4H2,1-2H3,(H,25,28)(H,26,29)/b24-13+. The van der Waals surface area contributed by atoms with Gasteiger partial charge in [-0.05, 0) is 49.7 Å². The first-order chi connectivity index (χ1) is 13.7. The molecule has 0 aliphatic rings. The first-order valence-corrected chi connectivity index (χ1v) is 8.91. The van der Waals surface area contributed by atoms with E-state index < -0.39 is 23.6 Å². The summed E-state index contributed by atoms with van der Waals surface area (Å²) < 4.78 is 38.1. The maximum Gasteiger partial charge on any atom is 0.416 e. The largest absolute Gasteiger partial charge is 0.416 e. The number of alkyl halides is 3. The lowest BCUT2D eigenvalue weighted by Crippen LogP contribution is -2.32. The summed E-state index contributed by atoms with van der Waals surface area (Å²) in [5.74, 6) is -2.23. The summed E-state index contributed by atoms with van der Waals surface area (Å²) in [6.45, 7) is 5.86. The Labute approximate surface area is 166 Å². The van der Waals surface area contributed by atoms with E-state index in [4.69, 9.17) is 0 Å². The third-order valence-electron chi connectivity index (χ3n) is 4.06. The molecule has 154 valence electrons. The number of hydrogen-bond acceptors (Lipinski definition) is 4. The van der Waals surface area contributed by atoms with Crippen molar-refractivity contribution >= 4 is 29.4 Å². The predicted molar refractivity (Wildman–Crippen MR) is 106 cm³/mol. The van der Waals surface area contributed by atoms with Crippen LogP contribution in [0.4, 0.5) is 24.5 Å². The summed E-state index contributed by atoms with van der Waals surface area (Å²) in [5.41, 5.74) is 2.73. The summed E-state index contributed by atoms with van der Waals surface area (Å²) >= 11 is 0. The lowest BCUT2D eigenvalue weighted by atomic mass is 10.2. The fourth-order valence-electron chi connectivity index (χ4n) is 2.54. The highest BCUT2D eigenvalue weighted by Gasteiger charge is 2.30. The van der Waals surface area contributed by atoms with Crippen molar-refractivity contribution in [3.05, 3.63) is 59.7 Å². The lowest BCUT2D eigenvalue weighted by molar-refractivity contribution is -0.137. The van der Waals surface area contributed by atoms with Gasteiger partial charge in [0.15, 0.2) is 0 Å². The van der Waals surface area contributed by atoms with E-state index in [1.807, 2.05) is 29.7 Å². The summed E-state index contributed by atoms with van der Waals surface area (Å²) in [5, 5.41) is 5.80. The molecule has 2 aromatic rings. The van der Waals surface area contributed by atoms with Gasteiger partial charge in [0.05, 0.1) is 11.8 Å². The Morgan fingerprint density at radius 1 is 1.03 bits per heavy atom. The topological polar surface area (TPSA) is 73.8 Å². The van der Waals surface area contributed by atoms with Gasteiger partial charge in [0.2, 0.25) is 0 Å². The maximum atomic E-state index is 12.7. The number of hydrogen-bond donors (Lipinski definition) is 2. The SMILES string of the molecule is CCN(CC)c1ccc(/C=N/NC(=O)C(=O)Nc2cccc(C(F)(F)F)c2)cc1. The number of nitrogens with one attached hydrogen (secondary N) is 2. The molecule has 2 N–H and O–H groups in total. The second kappa shape index (κ2) is 9.72. The fraction of sp³-hybridized carbons (Fsp3) is 0.250. The zero-order valence-electron chi connectivity index (χ0n) is 16.0. The number of hydrazone groups is 1. The van der Waals surface area contributed by atoms with Crippen LogP contribution in [0.2, 0.25) is 0 Å². The summed E-state index contributed by atoms with van der Waals surface area (Å²) in [6, 6.07) is 11.4. The first kappa shape index (κ1) is 21.9. The van der Waals surface area contributed by atoms with Gasteiger partial charge in [-0.2, -0.15) is 18.3 Å². The lowest BCUT2D eigenvalue weighted by Gasteiger charge is -2.20. The van der Waals surface area contributed by atoms with Crippen LogP contribution in [0.3, 0.4) is 0 Å². The third-order valence-corrected chi connectivity index (χ3v) is 4.06. The molecule has 29 heavy (non-hydrogen) atoms. The minimum atomic E-state index is -4.55. The highest BCUT2D eigenvalue weighted by Crippen LogP contribution is 2.30. The van der Waals surface area contributed by atoms with Crippen molar-refractivity contribution in [2.24, 2.45) is 5.10 Å². The van der Waals surface area contributed by atoms with Gasteiger partial charge in [-0.3, -0.25) is 9.59 Å². The average molecular weight is 406 g/mol. The van der Waals surface area contributed by atoms with E-state index >= 15 is 0 Å². The van der Waals surface area contributed by atoms with Crippen LogP contribution in [0.25, 0.3) is 0 Å². The molecule has 0 spiro atoms. The van der Waals surface area contributed by atoms with Crippen LogP contribution in [0.15, 0.2) is 53.6 Å². The molecule has 0 unspecified atom stereocenters. The van der Waals surface area contributed by atoms with E-state index in [9.17, 15) is 22.8 Å². The molecule has 6 nitrogen and oxygen atoms in total. The fourth-order valence-corrected chi connectivity index (χ4v) is 2.54. The quantitative estimate of drug-likeness (QED) is 0.437. The Balaban J connectivity index is 1.92. The normalized spacial score (nSPS) is 11.3. The number of carbonyl (C=O) groups excluding carboxylic acids is 2. The molecule has 0 fully saturated rings. The highest BCUT2D eigenvalue weighted by atomic mass is 19.4. The minimum absolute atomic E-state index is 0.143. The number of amides is 2. The molecule has 0 aliphatic carbocycles. The molecule has 2 aromatic carbocycles. The monoisotopic (exact) mass is 406 g/mol. The Morgan fingerprint density at radius 2 is 1.69 bits per heavy atom. The van der Waals surface area contributed by atoms with E-state index in [0.717, 1.165) is 37.0 Å². The summed E-state index contributed by atoms with van der Waals surface area (Å²) in [6.07, 6.45) is -3.18. The second-order valence-corrected chi connectivity index (χ2v) is 6.00. The van der Waals surface area contributed by atoms with Crippen molar-refractivity contribution in [2.75, 3.05) is 23.3 Å². The Hall–Kier alpha value is -3.36. The Kier molecular flexibility index (Phi) is 7.35. The van der Waals surface area contributed by atoms with Gasteiger partial charge in [-0.1, -0.05) is 18.2 Å². The van der Waals surface area contributed by atoms with Crippen LogP contribution in [0.5, 0.6) is 0 Å². The number of carbonyl (C=O) groups is 2. The molecule has 0 saturated carbocycles. The van der Waals surface area contributed by atoms with Crippen molar-refractivity contribution in [2.45, 2.75) is 20.0 Å². The van der Waals surface area contributed by atoms with Crippen molar-refractivity contribution in [3.8, 4) is 0 Å². The van der Waals surface area contributed by atoms with Gasteiger partial charge >= 0.3 is 18.0 Å². The minimum Gasteiger partial charge on any atom is -0.372 e. The number of benzene rings is 2. The molecule has 0 atom stereocenters. The summed E-state index contributed by atoms with van der Waals surface area (Å²) in [7, 11) is 0. The zero-order chi connectivity index (χ0) is 21.4. The first-order valence-electron chi connectivity index (χ1n) is 8.91. The highest BCUT2D eigenvalue weighted by molar-refractivity contribution is 6.39. The molecule has 2 rings (SSSR count). The van der Waals surface area contributed by atoms with E-state index in [2.05, 4.69) is 29.2 Å². The van der Waals surface area contributed by atoms with Crippen LogP contribution in [-0.2, 0) is 15.8 Å². The van der Waals surface area contributed by atoms with Crippen molar-refractivity contribution < 1.29 is 22.8 Å². The Bertz CT molecular complexity index is 876. The van der Waals surface area contributed by atoms with E-state index in [-0.39, 0.29) is 5.69 Å². The van der Waals surface area contributed by atoms with Crippen molar-refractivity contribution in [1.82, 2.24) is 5.43 Å². The second-order valence-electron chi connectivity index (χ2n) is 6.00. The molecule has 0 aliphatic heterocycles. The average Bonchev–Trinajstić information content (AvgIpc) is 2.69. The van der Waals surface area contributed by atoms with Gasteiger partial charge in [-0.15, -0.1) is 0 Å². The van der Waals surface area contributed by atoms with Gasteiger partial charge in [0.1, 0.15) is 0 Å². The third kappa shape index (κ3) is 6.34. The number of anilines is 2. The molecule has 9 heteroatoms. The van der Waals surface area contributed by atoms with Crippen LogP contribution >= 0.6 is 0 Å². The van der Waals surface area contributed by atoms with Crippen LogP contribution in [-0.4, -0.2) is 31.1 Å². The van der Waals surface area contributed by atoms with Crippen LogP contribution < -0.4 is 15.6 Å². The maximum absolute atomic E-state index is 12.7. The smallest absolute Gasteiger partial charge is 0.372 e. The molecular formula is C20H21F3N4O2. The molecular weight excluding hydrogens is 385 g/mol.